The summed E-state index contributed by atoms with van der Waals surface area (Å²) in [6.07, 6.45) is 5.00. The van der Waals surface area contributed by atoms with Crippen LogP contribution in [0.4, 0.5) is 0 Å². The molecule has 1 N–H and O–H groups in total. The molecule has 0 unspecified atom stereocenters. The Morgan fingerprint density at radius 3 is 2.65 bits per heavy atom. The Kier molecular flexibility index (Phi) is 4.07. The Labute approximate surface area is 116 Å². The molecule has 0 atom stereocenters. The first-order chi connectivity index (χ1) is 8.17. The number of hydrogen-bond acceptors (Lipinski definition) is 1. The van der Waals surface area contributed by atoms with Crippen molar-refractivity contribution in [2.45, 2.75) is 32.6 Å². The van der Waals surface area contributed by atoms with E-state index in [1.807, 2.05) is 24.3 Å². The lowest BCUT2D eigenvalue weighted by Crippen LogP contribution is -2.41. The van der Waals surface area contributed by atoms with Gasteiger partial charge in [-0.3, -0.25) is 4.79 Å². The number of hydrogen-bond donors (Lipinski definition) is 1. The van der Waals surface area contributed by atoms with Crippen LogP contribution in [-0.2, 0) is 0 Å². The van der Waals surface area contributed by atoms with E-state index >= 15 is 0 Å². The fourth-order valence-corrected chi connectivity index (χ4v) is 2.97. The molecule has 0 saturated heterocycles. The largest absolute Gasteiger partial charge is 0.351 e. The second kappa shape index (κ2) is 5.38. The lowest BCUT2D eigenvalue weighted by molar-refractivity contribution is 0.0849. The third-order valence-electron chi connectivity index (χ3n) is 3.91. The Hall–Kier alpha value is -0.580. The van der Waals surface area contributed by atoms with Gasteiger partial charge in [-0.25, -0.2) is 0 Å². The van der Waals surface area contributed by atoms with Crippen molar-refractivity contribution in [3.05, 3.63) is 33.4 Å². The van der Waals surface area contributed by atoms with E-state index in [2.05, 4.69) is 34.8 Å². The second-order valence-electron chi connectivity index (χ2n) is 4.87. The van der Waals surface area contributed by atoms with E-state index in [1.54, 1.807) is 0 Å². The Morgan fingerprint density at radius 1 is 1.41 bits per heavy atom. The maximum absolute atomic E-state index is 12.1. The summed E-state index contributed by atoms with van der Waals surface area (Å²) >= 11 is 2.21. The quantitative estimate of drug-likeness (QED) is 0.832. The summed E-state index contributed by atoms with van der Waals surface area (Å²) < 4.78 is 1.02. The van der Waals surface area contributed by atoms with Crippen molar-refractivity contribution in [3.8, 4) is 0 Å². The van der Waals surface area contributed by atoms with Crippen molar-refractivity contribution < 1.29 is 4.79 Å². The molecule has 92 valence electrons. The van der Waals surface area contributed by atoms with Crippen LogP contribution >= 0.6 is 22.6 Å². The summed E-state index contributed by atoms with van der Waals surface area (Å²) in [6, 6.07) is 7.72. The summed E-state index contributed by atoms with van der Waals surface area (Å²) in [5.74, 6) is 0.0646. The van der Waals surface area contributed by atoms with Crippen molar-refractivity contribution in [1.29, 1.82) is 0 Å². The normalized spacial score (nSPS) is 17.3. The summed E-state index contributed by atoms with van der Waals surface area (Å²) in [7, 11) is 0. The average Bonchev–Trinajstić information content (AvgIpc) is 2.28. The summed E-state index contributed by atoms with van der Waals surface area (Å²) in [6.45, 7) is 3.05. The number of carbonyl (C=O) groups excluding carboxylic acids is 1. The number of carbonyl (C=O) groups is 1. The van der Waals surface area contributed by atoms with Crippen LogP contribution in [0.25, 0.3) is 0 Å². The number of rotatable bonds is 4. The van der Waals surface area contributed by atoms with Crippen LogP contribution in [0.15, 0.2) is 24.3 Å². The predicted octanol–water partition coefficient (Wildman–Crippen LogP) is 3.60. The summed E-state index contributed by atoms with van der Waals surface area (Å²) in [4.78, 5) is 12.1. The number of nitrogens with one attached hydrogen (secondary N) is 1. The van der Waals surface area contributed by atoms with E-state index < -0.39 is 0 Å². The zero-order valence-corrected chi connectivity index (χ0v) is 12.3. The Morgan fingerprint density at radius 2 is 2.12 bits per heavy atom. The minimum Gasteiger partial charge on any atom is -0.351 e. The molecule has 0 aromatic heterocycles. The lowest BCUT2D eigenvalue weighted by atomic mass is 9.67. The van der Waals surface area contributed by atoms with Crippen molar-refractivity contribution in [2.24, 2.45) is 5.41 Å². The summed E-state index contributed by atoms with van der Waals surface area (Å²) in [5.41, 5.74) is 1.18. The molecule has 0 bridgehead atoms. The van der Waals surface area contributed by atoms with Gasteiger partial charge in [0.25, 0.3) is 5.91 Å². The molecular formula is C14H18INO. The number of amides is 1. The van der Waals surface area contributed by atoms with Crippen molar-refractivity contribution in [3.63, 3.8) is 0 Å². The standard InChI is InChI=1S/C14H18INO/c1-2-14(8-5-9-14)10-16-13(17)11-6-3-4-7-12(11)15/h3-4,6-7H,2,5,8-10H2,1H3,(H,16,17). The Bertz CT molecular complexity index is 407. The molecule has 1 aromatic rings. The maximum atomic E-state index is 12.1. The van der Waals surface area contributed by atoms with Crippen LogP contribution in [0.2, 0.25) is 0 Å². The smallest absolute Gasteiger partial charge is 0.252 e. The van der Waals surface area contributed by atoms with Gasteiger partial charge in [-0.2, -0.15) is 0 Å². The fourth-order valence-electron chi connectivity index (χ4n) is 2.34. The van der Waals surface area contributed by atoms with E-state index in [0.29, 0.717) is 5.41 Å². The SMILES string of the molecule is CCC1(CNC(=O)c2ccccc2I)CCC1. The van der Waals surface area contributed by atoms with Crippen LogP contribution in [0.5, 0.6) is 0 Å². The minimum atomic E-state index is 0.0646. The molecule has 1 aliphatic carbocycles. The topological polar surface area (TPSA) is 29.1 Å². The van der Waals surface area contributed by atoms with Gasteiger partial charge >= 0.3 is 0 Å². The molecule has 0 spiro atoms. The second-order valence-corrected chi connectivity index (χ2v) is 6.03. The molecule has 0 aliphatic heterocycles. The molecule has 1 aromatic carbocycles. The van der Waals surface area contributed by atoms with Crippen molar-refractivity contribution in [2.75, 3.05) is 6.54 Å². The van der Waals surface area contributed by atoms with Crippen LogP contribution in [0.1, 0.15) is 43.0 Å². The van der Waals surface area contributed by atoms with Gasteiger partial charge in [-0.15, -0.1) is 0 Å². The first-order valence-corrected chi connectivity index (χ1v) is 7.27. The van der Waals surface area contributed by atoms with Crippen molar-refractivity contribution >= 4 is 28.5 Å². The maximum Gasteiger partial charge on any atom is 0.252 e. The molecule has 1 aliphatic rings. The minimum absolute atomic E-state index is 0.0646. The molecule has 3 heteroatoms. The molecule has 1 fully saturated rings. The van der Waals surface area contributed by atoms with Gasteiger partial charge in [0.1, 0.15) is 0 Å². The lowest BCUT2D eigenvalue weighted by Gasteiger charge is -2.41. The van der Waals surface area contributed by atoms with Gasteiger partial charge in [0.05, 0.1) is 5.56 Å². The number of benzene rings is 1. The van der Waals surface area contributed by atoms with Gasteiger partial charge in [-0.05, 0) is 59.4 Å². The highest BCUT2D eigenvalue weighted by Crippen LogP contribution is 2.43. The van der Waals surface area contributed by atoms with Crippen LogP contribution in [0, 0.1) is 8.99 Å². The molecule has 0 radical (unpaired) electrons. The molecule has 0 heterocycles. The van der Waals surface area contributed by atoms with E-state index in [1.165, 1.54) is 25.7 Å². The molecule has 1 amide bonds. The number of halogens is 1. The van der Waals surface area contributed by atoms with E-state index in [0.717, 1.165) is 15.7 Å². The van der Waals surface area contributed by atoms with Crippen LogP contribution in [-0.4, -0.2) is 12.5 Å². The van der Waals surface area contributed by atoms with E-state index in [-0.39, 0.29) is 5.91 Å². The van der Waals surface area contributed by atoms with Gasteiger partial charge in [-0.1, -0.05) is 25.5 Å². The first kappa shape index (κ1) is 12.9. The van der Waals surface area contributed by atoms with Crippen LogP contribution in [0.3, 0.4) is 0 Å². The fraction of sp³-hybridized carbons (Fsp3) is 0.500. The van der Waals surface area contributed by atoms with E-state index in [9.17, 15) is 4.79 Å². The predicted molar refractivity (Wildman–Crippen MR) is 78.1 cm³/mol. The van der Waals surface area contributed by atoms with Crippen LogP contribution < -0.4 is 5.32 Å². The van der Waals surface area contributed by atoms with Gasteiger partial charge < -0.3 is 5.32 Å². The molecule has 2 nitrogen and oxygen atoms in total. The molecule has 2 rings (SSSR count). The third kappa shape index (κ3) is 2.81. The highest BCUT2D eigenvalue weighted by molar-refractivity contribution is 14.1. The van der Waals surface area contributed by atoms with Gasteiger partial charge in [0.15, 0.2) is 0 Å². The third-order valence-corrected chi connectivity index (χ3v) is 4.85. The van der Waals surface area contributed by atoms with Gasteiger partial charge in [0, 0.05) is 10.1 Å². The molecule has 17 heavy (non-hydrogen) atoms. The highest BCUT2D eigenvalue weighted by atomic mass is 127. The monoisotopic (exact) mass is 343 g/mol. The zero-order valence-electron chi connectivity index (χ0n) is 10.1. The molecule has 1 saturated carbocycles. The highest BCUT2D eigenvalue weighted by Gasteiger charge is 2.35. The van der Waals surface area contributed by atoms with Gasteiger partial charge in [0.2, 0.25) is 0 Å². The summed E-state index contributed by atoms with van der Waals surface area (Å²) in [5, 5.41) is 3.09. The first-order valence-electron chi connectivity index (χ1n) is 6.20. The van der Waals surface area contributed by atoms with Crippen molar-refractivity contribution in [1.82, 2.24) is 5.32 Å². The zero-order chi connectivity index (χ0) is 12.3. The van der Waals surface area contributed by atoms with E-state index in [4.69, 9.17) is 0 Å². The Balaban J connectivity index is 1.96. The molecular weight excluding hydrogens is 325 g/mol. The average molecular weight is 343 g/mol.